The van der Waals surface area contributed by atoms with Crippen LogP contribution in [0, 0.1) is 0 Å². The van der Waals surface area contributed by atoms with E-state index in [1.807, 2.05) is 0 Å². The number of carbonyl (C=O) groups is 1. The van der Waals surface area contributed by atoms with Crippen molar-refractivity contribution >= 4 is 28.5 Å². The number of phenolic OH excluding ortho intramolecular Hbond substituents is 1. The fourth-order valence-corrected chi connectivity index (χ4v) is 3.26. The number of alkyl halides is 3. The summed E-state index contributed by atoms with van der Waals surface area (Å²) < 4.78 is 41.2. The SMILES string of the molecule is O=C(c1c(Cl)cccc1C(F)(F)F)n1nc(-c2ccc(O)cc2)c2ncccc21. The van der Waals surface area contributed by atoms with Gasteiger partial charge in [-0.3, -0.25) is 9.78 Å². The number of carbonyl (C=O) groups excluding carboxylic acids is 1. The largest absolute Gasteiger partial charge is 0.508 e. The average Bonchev–Trinajstić information content (AvgIpc) is 3.07. The van der Waals surface area contributed by atoms with Gasteiger partial charge in [0, 0.05) is 11.8 Å². The molecule has 1 N–H and O–H groups in total. The molecule has 5 nitrogen and oxygen atoms in total. The molecule has 2 aromatic carbocycles. The first-order valence-corrected chi connectivity index (χ1v) is 8.68. The molecule has 0 aliphatic rings. The molecule has 0 fully saturated rings. The Labute approximate surface area is 167 Å². The van der Waals surface area contributed by atoms with Gasteiger partial charge < -0.3 is 5.11 Å². The summed E-state index contributed by atoms with van der Waals surface area (Å²) in [6.07, 6.45) is -3.28. The summed E-state index contributed by atoms with van der Waals surface area (Å²) in [6.45, 7) is 0. The third-order valence-corrected chi connectivity index (χ3v) is 4.62. The molecular weight excluding hydrogens is 407 g/mol. The second-order valence-electron chi connectivity index (χ2n) is 6.14. The molecule has 0 bridgehead atoms. The number of fused-ring (bicyclic) bond motifs is 1. The minimum Gasteiger partial charge on any atom is -0.508 e. The zero-order chi connectivity index (χ0) is 20.8. The highest BCUT2D eigenvalue weighted by atomic mass is 35.5. The molecule has 9 heteroatoms. The first-order valence-electron chi connectivity index (χ1n) is 8.31. The maximum atomic E-state index is 13.4. The van der Waals surface area contributed by atoms with Gasteiger partial charge in [0.05, 0.1) is 21.7 Å². The van der Waals surface area contributed by atoms with Gasteiger partial charge in [0.1, 0.15) is 17.0 Å². The Balaban J connectivity index is 1.95. The fourth-order valence-electron chi connectivity index (χ4n) is 3.00. The van der Waals surface area contributed by atoms with E-state index >= 15 is 0 Å². The number of hydrogen-bond donors (Lipinski definition) is 1. The average molecular weight is 418 g/mol. The summed E-state index contributed by atoms with van der Waals surface area (Å²) in [4.78, 5) is 17.3. The van der Waals surface area contributed by atoms with E-state index in [2.05, 4.69) is 10.1 Å². The van der Waals surface area contributed by atoms with Crippen LogP contribution in [0.25, 0.3) is 22.3 Å². The lowest BCUT2D eigenvalue weighted by molar-refractivity contribution is -0.137. The highest BCUT2D eigenvalue weighted by Crippen LogP contribution is 2.36. The highest BCUT2D eigenvalue weighted by molar-refractivity contribution is 6.34. The Kier molecular flexibility index (Phi) is 4.50. The van der Waals surface area contributed by atoms with Crippen molar-refractivity contribution in [3.63, 3.8) is 0 Å². The first kappa shape index (κ1) is 18.9. The molecule has 146 valence electrons. The molecule has 2 aromatic heterocycles. The predicted molar refractivity (Wildman–Crippen MR) is 101 cm³/mol. The van der Waals surface area contributed by atoms with Gasteiger partial charge in [-0.15, -0.1) is 0 Å². The molecule has 2 heterocycles. The van der Waals surface area contributed by atoms with Crippen molar-refractivity contribution in [1.82, 2.24) is 14.8 Å². The van der Waals surface area contributed by atoms with Crippen LogP contribution in [0.15, 0.2) is 60.8 Å². The van der Waals surface area contributed by atoms with Gasteiger partial charge in [-0.1, -0.05) is 17.7 Å². The van der Waals surface area contributed by atoms with Crippen molar-refractivity contribution in [3.8, 4) is 17.0 Å². The van der Waals surface area contributed by atoms with Crippen molar-refractivity contribution in [2.75, 3.05) is 0 Å². The number of benzene rings is 2. The van der Waals surface area contributed by atoms with Crippen LogP contribution in [0.3, 0.4) is 0 Å². The van der Waals surface area contributed by atoms with E-state index in [0.29, 0.717) is 11.1 Å². The molecule has 0 aliphatic carbocycles. The van der Waals surface area contributed by atoms with Crippen molar-refractivity contribution in [2.24, 2.45) is 0 Å². The van der Waals surface area contributed by atoms with E-state index < -0.39 is 23.2 Å². The van der Waals surface area contributed by atoms with E-state index in [9.17, 15) is 23.1 Å². The van der Waals surface area contributed by atoms with Crippen molar-refractivity contribution < 1.29 is 23.1 Å². The van der Waals surface area contributed by atoms with E-state index in [4.69, 9.17) is 11.6 Å². The molecule has 29 heavy (non-hydrogen) atoms. The summed E-state index contributed by atoms with van der Waals surface area (Å²) in [5, 5.41) is 13.4. The maximum Gasteiger partial charge on any atom is 0.417 e. The monoisotopic (exact) mass is 417 g/mol. The van der Waals surface area contributed by atoms with Gasteiger partial charge in [0.15, 0.2) is 0 Å². The van der Waals surface area contributed by atoms with Gasteiger partial charge in [0.25, 0.3) is 5.91 Å². The summed E-state index contributed by atoms with van der Waals surface area (Å²) in [5.41, 5.74) is -0.454. The number of nitrogens with zero attached hydrogens (tertiary/aromatic N) is 3. The number of rotatable bonds is 2. The predicted octanol–water partition coefficient (Wildman–Crippen LogP) is 5.16. The lowest BCUT2D eigenvalue weighted by Gasteiger charge is -2.13. The topological polar surface area (TPSA) is 68.0 Å². The van der Waals surface area contributed by atoms with Gasteiger partial charge >= 0.3 is 6.18 Å². The molecule has 0 radical (unpaired) electrons. The molecule has 0 aliphatic heterocycles. The number of phenols is 1. The molecular formula is C20H11ClF3N3O2. The standard InChI is InChI=1S/C20H11ClF3N3O2/c21-14-4-1-3-13(20(22,23)24)16(14)19(29)27-15-5-2-10-25-18(15)17(26-27)11-6-8-12(28)9-7-11/h1-10,28H. The zero-order valence-corrected chi connectivity index (χ0v) is 15.2. The minimum atomic E-state index is -4.77. The van der Waals surface area contributed by atoms with Crippen LogP contribution in [-0.4, -0.2) is 25.8 Å². The van der Waals surface area contributed by atoms with Crippen LogP contribution in [0.5, 0.6) is 5.75 Å². The summed E-state index contributed by atoms with van der Waals surface area (Å²) in [6, 6.07) is 12.2. The molecule has 0 atom stereocenters. The summed E-state index contributed by atoms with van der Waals surface area (Å²) in [5.74, 6) is -0.988. The molecule has 0 amide bonds. The quantitative estimate of drug-likeness (QED) is 0.489. The van der Waals surface area contributed by atoms with Crippen LogP contribution in [0.1, 0.15) is 15.9 Å². The van der Waals surface area contributed by atoms with E-state index in [0.717, 1.165) is 16.8 Å². The van der Waals surface area contributed by atoms with Crippen molar-refractivity contribution in [2.45, 2.75) is 6.18 Å². The molecule has 0 saturated carbocycles. The summed E-state index contributed by atoms with van der Waals surface area (Å²) >= 11 is 5.97. The number of aromatic hydroxyl groups is 1. The zero-order valence-electron chi connectivity index (χ0n) is 14.5. The van der Waals surface area contributed by atoms with E-state index in [-0.39, 0.29) is 22.0 Å². The van der Waals surface area contributed by atoms with Crippen LogP contribution >= 0.6 is 11.6 Å². The fraction of sp³-hybridized carbons (Fsp3) is 0.0500. The second-order valence-corrected chi connectivity index (χ2v) is 6.55. The third-order valence-electron chi connectivity index (χ3n) is 4.30. The van der Waals surface area contributed by atoms with Gasteiger partial charge in [-0.25, -0.2) is 0 Å². The van der Waals surface area contributed by atoms with E-state index in [1.54, 1.807) is 18.2 Å². The lowest BCUT2D eigenvalue weighted by Crippen LogP contribution is -2.20. The van der Waals surface area contributed by atoms with Gasteiger partial charge in [0.2, 0.25) is 0 Å². The van der Waals surface area contributed by atoms with Crippen LogP contribution in [-0.2, 0) is 6.18 Å². The molecule has 0 saturated heterocycles. The highest BCUT2D eigenvalue weighted by Gasteiger charge is 2.37. The summed E-state index contributed by atoms with van der Waals surface area (Å²) in [7, 11) is 0. The van der Waals surface area contributed by atoms with E-state index in [1.165, 1.54) is 30.5 Å². The van der Waals surface area contributed by atoms with Gasteiger partial charge in [-0.05, 0) is 48.5 Å². The first-order chi connectivity index (χ1) is 13.8. The Morgan fingerprint density at radius 1 is 1.03 bits per heavy atom. The Morgan fingerprint density at radius 3 is 2.45 bits per heavy atom. The molecule has 0 unspecified atom stereocenters. The molecule has 0 spiro atoms. The van der Waals surface area contributed by atoms with Crippen LogP contribution < -0.4 is 0 Å². The second kappa shape index (κ2) is 6.89. The van der Waals surface area contributed by atoms with Crippen LogP contribution in [0.4, 0.5) is 13.2 Å². The Bertz CT molecular complexity index is 1230. The smallest absolute Gasteiger partial charge is 0.417 e. The maximum absolute atomic E-state index is 13.4. The Hall–Kier alpha value is -3.39. The number of hydrogen-bond acceptors (Lipinski definition) is 4. The van der Waals surface area contributed by atoms with Gasteiger partial charge in [-0.2, -0.15) is 23.0 Å². The minimum absolute atomic E-state index is 0.0346. The number of pyridine rings is 1. The van der Waals surface area contributed by atoms with Crippen molar-refractivity contribution in [1.29, 1.82) is 0 Å². The normalized spacial score (nSPS) is 11.7. The van der Waals surface area contributed by atoms with Crippen molar-refractivity contribution in [3.05, 3.63) is 76.9 Å². The molecule has 4 rings (SSSR count). The Morgan fingerprint density at radius 2 is 1.76 bits per heavy atom. The third kappa shape index (κ3) is 3.31. The molecule has 4 aromatic rings. The number of halogens is 4. The number of aromatic nitrogens is 3. The lowest BCUT2D eigenvalue weighted by atomic mass is 10.1. The van der Waals surface area contributed by atoms with Crippen LogP contribution in [0.2, 0.25) is 5.02 Å².